The van der Waals surface area contributed by atoms with Crippen LogP contribution in [-0.2, 0) is 23.1 Å². The number of anilines is 1. The number of hydrogen-bond acceptors (Lipinski definition) is 3. The highest BCUT2D eigenvalue weighted by atomic mass is 35.5. The zero-order chi connectivity index (χ0) is 22.6. The molecule has 0 saturated carbocycles. The number of carbonyl (C=O) groups is 1. The highest BCUT2D eigenvalue weighted by Crippen LogP contribution is 2.25. The van der Waals surface area contributed by atoms with E-state index in [-0.39, 0.29) is 19.0 Å². The van der Waals surface area contributed by atoms with E-state index in [1.807, 2.05) is 0 Å². The van der Waals surface area contributed by atoms with Crippen molar-refractivity contribution < 1.29 is 13.2 Å². The van der Waals surface area contributed by atoms with E-state index in [0.29, 0.717) is 31.9 Å². The van der Waals surface area contributed by atoms with Crippen LogP contribution in [0.5, 0.6) is 0 Å². The van der Waals surface area contributed by atoms with Crippen molar-refractivity contribution in [3.8, 4) is 0 Å². The lowest BCUT2D eigenvalue weighted by Crippen LogP contribution is -2.29. The molecule has 0 unspecified atom stereocenters. The highest BCUT2D eigenvalue weighted by Gasteiger charge is 2.19. The third-order valence-corrected chi connectivity index (χ3v) is 6.64. The van der Waals surface area contributed by atoms with Gasteiger partial charge in [0, 0.05) is 27.2 Å². The van der Waals surface area contributed by atoms with E-state index in [9.17, 15) is 13.2 Å². The van der Waals surface area contributed by atoms with Crippen molar-refractivity contribution in [2.75, 3.05) is 10.6 Å². The van der Waals surface area contributed by atoms with Crippen LogP contribution in [0.2, 0.25) is 15.1 Å². The van der Waals surface area contributed by atoms with E-state index < -0.39 is 10.0 Å². The molecule has 3 aromatic carbocycles. The summed E-state index contributed by atoms with van der Waals surface area (Å²) in [5.74, 6) is -0.311. The third-order valence-electron chi connectivity index (χ3n) is 4.54. The summed E-state index contributed by atoms with van der Waals surface area (Å²) in [5.41, 5.74) is 2.23. The van der Waals surface area contributed by atoms with Crippen molar-refractivity contribution in [2.24, 2.45) is 0 Å². The van der Waals surface area contributed by atoms with Gasteiger partial charge in [-0.05, 0) is 53.6 Å². The molecule has 0 saturated heterocycles. The smallest absolute Gasteiger partial charge is 0.251 e. The summed E-state index contributed by atoms with van der Waals surface area (Å²) < 4.78 is 26.0. The molecule has 0 aliphatic carbocycles. The van der Waals surface area contributed by atoms with Crippen molar-refractivity contribution in [1.82, 2.24) is 5.32 Å². The molecule has 31 heavy (non-hydrogen) atoms. The molecule has 0 aliphatic rings. The molecule has 5 nitrogen and oxygen atoms in total. The molecule has 0 spiro atoms. The van der Waals surface area contributed by atoms with Crippen molar-refractivity contribution in [1.29, 1.82) is 0 Å². The number of sulfonamides is 1. The number of hydrogen-bond donors (Lipinski definition) is 1. The van der Waals surface area contributed by atoms with Gasteiger partial charge in [-0.3, -0.25) is 9.10 Å². The van der Waals surface area contributed by atoms with Crippen LogP contribution >= 0.6 is 34.8 Å². The van der Waals surface area contributed by atoms with Crippen LogP contribution in [0.1, 0.15) is 21.5 Å². The topological polar surface area (TPSA) is 66.5 Å². The Kier molecular flexibility index (Phi) is 7.49. The van der Waals surface area contributed by atoms with Gasteiger partial charge < -0.3 is 5.32 Å². The first-order chi connectivity index (χ1) is 14.6. The quantitative estimate of drug-likeness (QED) is 0.466. The van der Waals surface area contributed by atoms with Crippen molar-refractivity contribution in [2.45, 2.75) is 13.1 Å². The minimum Gasteiger partial charge on any atom is -0.348 e. The molecule has 0 radical (unpaired) electrons. The fraction of sp³-hybridized carbons (Fsp3) is 0.136. The maximum absolute atomic E-state index is 12.5. The van der Waals surface area contributed by atoms with Crippen molar-refractivity contribution in [3.05, 3.63) is 98.5 Å². The summed E-state index contributed by atoms with van der Waals surface area (Å²) >= 11 is 18.2. The Morgan fingerprint density at radius 3 is 2.19 bits per heavy atom. The van der Waals surface area contributed by atoms with Crippen LogP contribution in [-0.4, -0.2) is 20.6 Å². The lowest BCUT2D eigenvalue weighted by molar-refractivity contribution is 0.0951. The molecule has 162 valence electrons. The van der Waals surface area contributed by atoms with Crippen LogP contribution in [0, 0.1) is 0 Å². The average molecular weight is 498 g/mol. The Morgan fingerprint density at radius 1 is 0.903 bits per heavy atom. The number of benzene rings is 3. The van der Waals surface area contributed by atoms with Gasteiger partial charge in [-0.1, -0.05) is 59.1 Å². The van der Waals surface area contributed by atoms with Gasteiger partial charge in [-0.25, -0.2) is 8.42 Å². The van der Waals surface area contributed by atoms with E-state index in [1.54, 1.807) is 66.7 Å². The average Bonchev–Trinajstić information content (AvgIpc) is 2.71. The van der Waals surface area contributed by atoms with Gasteiger partial charge in [0.25, 0.3) is 5.91 Å². The summed E-state index contributed by atoms with van der Waals surface area (Å²) in [6, 6.07) is 18.4. The Labute approximate surface area is 196 Å². The third kappa shape index (κ3) is 6.14. The molecular weight excluding hydrogens is 479 g/mol. The molecule has 1 N–H and O–H groups in total. The van der Waals surface area contributed by atoms with Crippen LogP contribution in [0.4, 0.5) is 5.69 Å². The number of halogens is 3. The number of amides is 1. The number of rotatable bonds is 7. The number of carbonyl (C=O) groups excluding carboxylic acids is 1. The summed E-state index contributed by atoms with van der Waals surface area (Å²) in [4.78, 5) is 12.5. The van der Waals surface area contributed by atoms with E-state index in [2.05, 4.69) is 5.32 Å². The lowest BCUT2D eigenvalue weighted by Gasteiger charge is -2.23. The highest BCUT2D eigenvalue weighted by molar-refractivity contribution is 7.92. The molecule has 9 heteroatoms. The standard InChI is InChI=1S/C22H19Cl3N2O3S/c1-31(29,30)27(14-17-4-2-3-5-20(17)24)19-10-7-15(8-11-19)22(28)26-13-16-6-9-18(23)12-21(16)25/h2-12H,13-14H2,1H3,(H,26,28). The fourth-order valence-electron chi connectivity index (χ4n) is 2.90. The maximum atomic E-state index is 12.5. The summed E-state index contributed by atoms with van der Waals surface area (Å²) in [7, 11) is -3.57. The van der Waals surface area contributed by atoms with Crippen LogP contribution in [0.3, 0.4) is 0 Å². The fourth-order valence-corrected chi connectivity index (χ4v) is 4.45. The minimum absolute atomic E-state index is 0.0825. The largest absolute Gasteiger partial charge is 0.348 e. The molecule has 0 bridgehead atoms. The van der Waals surface area contributed by atoms with Gasteiger partial charge in [0.05, 0.1) is 18.5 Å². The number of nitrogens with one attached hydrogen (secondary N) is 1. The Balaban J connectivity index is 1.75. The van der Waals surface area contributed by atoms with Crippen molar-refractivity contribution in [3.63, 3.8) is 0 Å². The molecule has 1 amide bonds. The first kappa shape index (κ1) is 23.4. The van der Waals surface area contributed by atoms with E-state index >= 15 is 0 Å². The maximum Gasteiger partial charge on any atom is 0.251 e. The zero-order valence-corrected chi connectivity index (χ0v) is 19.6. The molecule has 0 atom stereocenters. The van der Waals surface area contributed by atoms with Gasteiger partial charge in [0.15, 0.2) is 0 Å². The minimum atomic E-state index is -3.57. The van der Waals surface area contributed by atoms with Gasteiger partial charge in [-0.15, -0.1) is 0 Å². The monoisotopic (exact) mass is 496 g/mol. The molecule has 3 aromatic rings. The zero-order valence-electron chi connectivity index (χ0n) is 16.5. The Morgan fingerprint density at radius 2 is 1.58 bits per heavy atom. The molecule has 0 aromatic heterocycles. The van der Waals surface area contributed by atoms with Crippen LogP contribution in [0.15, 0.2) is 66.7 Å². The normalized spacial score (nSPS) is 11.2. The predicted octanol–water partition coefficient (Wildman–Crippen LogP) is 5.54. The first-order valence-electron chi connectivity index (χ1n) is 9.18. The summed E-state index contributed by atoms with van der Waals surface area (Å²) in [5, 5.41) is 4.25. The van der Waals surface area contributed by atoms with Crippen LogP contribution < -0.4 is 9.62 Å². The molecule has 0 fully saturated rings. The summed E-state index contributed by atoms with van der Waals surface area (Å²) in [6.45, 7) is 0.317. The van der Waals surface area contributed by atoms with E-state index in [4.69, 9.17) is 34.8 Å². The van der Waals surface area contributed by atoms with E-state index in [0.717, 1.165) is 11.8 Å². The lowest BCUT2D eigenvalue weighted by atomic mass is 10.1. The Bertz CT molecular complexity index is 1200. The second-order valence-electron chi connectivity index (χ2n) is 6.83. The SMILES string of the molecule is CS(=O)(=O)N(Cc1ccccc1Cl)c1ccc(C(=O)NCc2ccc(Cl)cc2Cl)cc1. The van der Waals surface area contributed by atoms with Gasteiger partial charge >= 0.3 is 0 Å². The van der Waals surface area contributed by atoms with Gasteiger partial charge in [0.2, 0.25) is 10.0 Å². The van der Waals surface area contributed by atoms with Gasteiger partial charge in [0.1, 0.15) is 0 Å². The molecule has 3 rings (SSSR count). The van der Waals surface area contributed by atoms with Crippen LogP contribution in [0.25, 0.3) is 0 Å². The summed E-state index contributed by atoms with van der Waals surface area (Å²) in [6.07, 6.45) is 1.13. The predicted molar refractivity (Wildman–Crippen MR) is 127 cm³/mol. The molecule has 0 heterocycles. The number of nitrogens with zero attached hydrogens (tertiary/aromatic N) is 1. The Hall–Kier alpha value is -2.25. The first-order valence-corrected chi connectivity index (χ1v) is 12.2. The molecule has 0 aliphatic heterocycles. The van der Waals surface area contributed by atoms with Gasteiger partial charge in [-0.2, -0.15) is 0 Å². The second kappa shape index (κ2) is 9.92. The van der Waals surface area contributed by atoms with Crippen molar-refractivity contribution >= 4 is 56.4 Å². The van der Waals surface area contributed by atoms with E-state index in [1.165, 1.54) is 4.31 Å². The second-order valence-corrected chi connectivity index (χ2v) is 9.98. The molecular formula is C22H19Cl3N2O3S.